The van der Waals surface area contributed by atoms with Crippen molar-refractivity contribution in [2.75, 3.05) is 0 Å². The Morgan fingerprint density at radius 1 is 0.923 bits per heavy atom. The number of aryl methyl sites for hydroxylation is 1. The molecule has 0 heterocycles. The van der Waals surface area contributed by atoms with Crippen LogP contribution in [-0.4, -0.2) is 23.4 Å². The molecule has 0 aliphatic heterocycles. The molecule has 0 aromatic heterocycles. The van der Waals surface area contributed by atoms with E-state index in [9.17, 15) is 8.42 Å². The zero-order valence-electron chi connectivity index (χ0n) is 15.8. The van der Waals surface area contributed by atoms with Gasteiger partial charge in [-0.1, -0.05) is 0 Å². The van der Waals surface area contributed by atoms with Gasteiger partial charge in [0.2, 0.25) is 0 Å². The van der Waals surface area contributed by atoms with E-state index < -0.39 is 9.84 Å². The van der Waals surface area contributed by atoms with E-state index in [1.807, 2.05) is 37.3 Å². The van der Waals surface area contributed by atoms with E-state index in [-0.39, 0.29) is 15.0 Å². The van der Waals surface area contributed by atoms with Gasteiger partial charge in [0.05, 0.1) is 0 Å². The molecule has 0 saturated heterocycles. The zero-order chi connectivity index (χ0) is 19.2. The van der Waals surface area contributed by atoms with Crippen molar-refractivity contribution >= 4 is 29.3 Å². The Labute approximate surface area is 164 Å². The average Bonchev–Trinajstić information content (AvgIpc) is 2.60. The van der Waals surface area contributed by atoms with Crippen molar-refractivity contribution in [2.45, 2.75) is 45.4 Å². The Hall–Kier alpha value is -1.61. The molecule has 4 heteroatoms. The van der Waals surface area contributed by atoms with E-state index in [0.29, 0.717) is 4.90 Å². The van der Waals surface area contributed by atoms with Crippen LogP contribution in [0.1, 0.15) is 39.2 Å². The molecule has 0 bridgehead atoms. The van der Waals surface area contributed by atoms with Gasteiger partial charge < -0.3 is 0 Å². The minimum absolute atomic E-state index is 0.000946. The van der Waals surface area contributed by atoms with Crippen LogP contribution < -0.4 is 4.46 Å². The van der Waals surface area contributed by atoms with Gasteiger partial charge in [-0.2, -0.15) is 0 Å². The first-order valence-corrected chi connectivity index (χ1v) is 11.9. The van der Waals surface area contributed by atoms with Crippen LogP contribution >= 0.6 is 0 Å². The van der Waals surface area contributed by atoms with Gasteiger partial charge in [0.15, 0.2) is 0 Å². The normalized spacial score (nSPS) is 12.1. The van der Waals surface area contributed by atoms with Crippen molar-refractivity contribution in [1.29, 1.82) is 0 Å². The number of rotatable bonds is 7. The summed E-state index contributed by atoms with van der Waals surface area (Å²) in [5.74, 6) is 0. The summed E-state index contributed by atoms with van der Waals surface area (Å²) in [7, 11) is -3.43. The van der Waals surface area contributed by atoms with Gasteiger partial charge in [-0.25, -0.2) is 0 Å². The van der Waals surface area contributed by atoms with Gasteiger partial charge >= 0.3 is 164 Å². The third-order valence-electron chi connectivity index (χ3n) is 4.23. The maximum atomic E-state index is 12.8. The molecule has 0 atom stereocenters. The van der Waals surface area contributed by atoms with Crippen molar-refractivity contribution in [3.8, 4) is 0 Å². The molecule has 26 heavy (non-hydrogen) atoms. The van der Waals surface area contributed by atoms with Crippen LogP contribution in [0.5, 0.6) is 0 Å². The van der Waals surface area contributed by atoms with E-state index in [0.717, 1.165) is 22.9 Å². The summed E-state index contributed by atoms with van der Waals surface area (Å²) in [6, 6.07) is 17.2. The van der Waals surface area contributed by atoms with Crippen molar-refractivity contribution in [3.05, 3.63) is 81.2 Å². The van der Waals surface area contributed by atoms with Crippen LogP contribution in [-0.2, 0) is 9.84 Å². The molecule has 2 rings (SSSR count). The second kappa shape index (κ2) is 9.36. The predicted molar refractivity (Wildman–Crippen MR) is 112 cm³/mol. The van der Waals surface area contributed by atoms with Crippen LogP contribution in [0.3, 0.4) is 0 Å². The van der Waals surface area contributed by atoms with E-state index >= 15 is 0 Å². The van der Waals surface area contributed by atoms with E-state index in [2.05, 4.69) is 32.9 Å². The van der Waals surface area contributed by atoms with Crippen molar-refractivity contribution in [1.82, 2.24) is 0 Å². The molecule has 138 valence electrons. The predicted octanol–water partition coefficient (Wildman–Crippen LogP) is 4.78. The Morgan fingerprint density at radius 2 is 1.54 bits per heavy atom. The summed E-state index contributed by atoms with van der Waals surface area (Å²) in [4.78, 5) is 0.364. The molecular weight excluding hydrogens is 407 g/mol. The number of allylic oxidation sites excluding steroid dienone is 3. The summed E-state index contributed by atoms with van der Waals surface area (Å²) in [6.45, 7) is 8.28. The first-order valence-electron chi connectivity index (χ1n) is 8.66. The zero-order valence-corrected chi connectivity index (χ0v) is 18.4. The Morgan fingerprint density at radius 3 is 2.12 bits per heavy atom. The molecule has 2 aromatic carbocycles. The number of hydrogen-bond acceptors (Lipinski definition) is 2. The molecule has 2 nitrogen and oxygen atoms in total. The van der Waals surface area contributed by atoms with Crippen LogP contribution in [0, 0.1) is 6.92 Å². The molecule has 0 unspecified atom stereocenters. The second-order valence-corrected chi connectivity index (χ2v) is 11.0. The van der Waals surface area contributed by atoms with Gasteiger partial charge in [-0.05, 0) is 0 Å². The molecule has 0 N–H and O–H groups in total. The van der Waals surface area contributed by atoms with Gasteiger partial charge in [0.25, 0.3) is 0 Å². The fourth-order valence-corrected chi connectivity index (χ4v) is 6.25. The first kappa shape index (κ1) is 20.7. The maximum absolute atomic E-state index is 12.8. The van der Waals surface area contributed by atoms with Gasteiger partial charge in [0.1, 0.15) is 0 Å². The topological polar surface area (TPSA) is 34.1 Å². The summed E-state index contributed by atoms with van der Waals surface area (Å²) in [5, 5.41) is 1.50. The van der Waals surface area contributed by atoms with Gasteiger partial charge in [0, 0.05) is 0 Å². The molecule has 0 saturated carbocycles. The molecular formula is C22H26O2SSe. The van der Waals surface area contributed by atoms with E-state index in [1.54, 1.807) is 12.1 Å². The first-order chi connectivity index (χ1) is 12.3. The van der Waals surface area contributed by atoms with Crippen LogP contribution in [0.4, 0.5) is 0 Å². The molecule has 0 radical (unpaired) electrons. The Bertz CT molecular complexity index is 889. The van der Waals surface area contributed by atoms with Crippen LogP contribution in [0.15, 0.2) is 80.5 Å². The molecule has 0 aliphatic rings. The van der Waals surface area contributed by atoms with E-state index in [1.165, 1.54) is 21.0 Å². The number of sulfone groups is 1. The number of benzene rings is 2. The summed E-state index contributed by atoms with van der Waals surface area (Å²) < 4.78 is 27.9. The summed E-state index contributed by atoms with van der Waals surface area (Å²) in [6.07, 6.45) is 1.67. The van der Waals surface area contributed by atoms with E-state index in [4.69, 9.17) is 0 Å². The standard InChI is InChI=1S/C22H26O2SSe/c1-17(2)19(4)12-15-22(26-21-8-6-5-7-9-21)16-25(23,24)20-13-10-18(3)11-14-20/h5-11,13-14,16H,12,15H2,1-4H3/b22-16-. The molecule has 0 spiro atoms. The minimum atomic E-state index is -3.43. The molecule has 0 aliphatic carbocycles. The van der Waals surface area contributed by atoms with Gasteiger partial charge in [-0.15, -0.1) is 0 Å². The average molecular weight is 433 g/mol. The van der Waals surface area contributed by atoms with Gasteiger partial charge in [-0.3, -0.25) is 0 Å². The van der Waals surface area contributed by atoms with Crippen molar-refractivity contribution in [2.24, 2.45) is 0 Å². The quantitative estimate of drug-likeness (QED) is 0.465. The Kier molecular flexibility index (Phi) is 7.45. The van der Waals surface area contributed by atoms with Crippen molar-refractivity contribution < 1.29 is 8.42 Å². The summed E-state index contributed by atoms with van der Waals surface area (Å²) in [5.41, 5.74) is 3.69. The SMILES string of the molecule is CC(C)=C(C)CC/C(=C/S(=O)(=O)c1ccc(C)cc1)[Se]c1ccccc1. The molecule has 0 amide bonds. The summed E-state index contributed by atoms with van der Waals surface area (Å²) >= 11 is 0.000946. The fourth-order valence-electron chi connectivity index (χ4n) is 2.30. The number of hydrogen-bond donors (Lipinski definition) is 0. The molecule has 2 aromatic rings. The van der Waals surface area contributed by atoms with Crippen LogP contribution in [0.2, 0.25) is 0 Å². The monoisotopic (exact) mass is 434 g/mol. The fraction of sp³-hybridized carbons (Fsp3) is 0.273. The second-order valence-electron chi connectivity index (χ2n) is 6.64. The Balaban J connectivity index is 2.33. The third-order valence-corrected chi connectivity index (χ3v) is 8.38. The molecule has 0 fully saturated rings. The van der Waals surface area contributed by atoms with Crippen molar-refractivity contribution in [3.63, 3.8) is 0 Å². The van der Waals surface area contributed by atoms with Crippen LogP contribution in [0.25, 0.3) is 0 Å². The third kappa shape index (κ3) is 6.28.